The second-order valence-electron chi connectivity index (χ2n) is 3.62. The summed E-state index contributed by atoms with van der Waals surface area (Å²) >= 11 is 3.34. The van der Waals surface area contributed by atoms with Gasteiger partial charge in [0.25, 0.3) is 0 Å². The molecule has 17 heavy (non-hydrogen) atoms. The van der Waals surface area contributed by atoms with Gasteiger partial charge in [0.15, 0.2) is 0 Å². The first-order chi connectivity index (χ1) is 8.38. The third-order valence-electron chi connectivity index (χ3n) is 2.27. The SMILES string of the molecule is BrCc1cn(CCCOc2ccccc2)nn1. The standard InChI is InChI=1S/C12H14BrN3O/c13-9-11-10-16(15-14-11)7-4-8-17-12-5-2-1-3-6-12/h1-3,5-6,10H,4,7-9H2. The Kier molecular flexibility index (Phi) is 4.55. The summed E-state index contributed by atoms with van der Waals surface area (Å²) in [4.78, 5) is 0. The van der Waals surface area contributed by atoms with E-state index in [9.17, 15) is 0 Å². The van der Waals surface area contributed by atoms with Gasteiger partial charge in [0, 0.05) is 24.5 Å². The topological polar surface area (TPSA) is 39.9 Å². The molecule has 0 aliphatic carbocycles. The third-order valence-corrected chi connectivity index (χ3v) is 2.84. The molecule has 0 atom stereocenters. The van der Waals surface area contributed by atoms with Crippen LogP contribution in [0.5, 0.6) is 5.75 Å². The summed E-state index contributed by atoms with van der Waals surface area (Å²) in [7, 11) is 0. The van der Waals surface area contributed by atoms with E-state index in [1.165, 1.54) is 0 Å². The Hall–Kier alpha value is -1.36. The fraction of sp³-hybridized carbons (Fsp3) is 0.333. The van der Waals surface area contributed by atoms with Crippen LogP contribution in [0.2, 0.25) is 0 Å². The lowest BCUT2D eigenvalue weighted by Crippen LogP contribution is -2.05. The van der Waals surface area contributed by atoms with Crippen LogP contribution < -0.4 is 4.74 Å². The Balaban J connectivity index is 1.69. The van der Waals surface area contributed by atoms with E-state index in [-0.39, 0.29) is 0 Å². The van der Waals surface area contributed by atoms with Gasteiger partial charge < -0.3 is 4.74 Å². The summed E-state index contributed by atoms with van der Waals surface area (Å²) in [6.45, 7) is 1.51. The number of benzene rings is 1. The molecular weight excluding hydrogens is 282 g/mol. The Morgan fingerprint density at radius 2 is 2.06 bits per heavy atom. The van der Waals surface area contributed by atoms with Gasteiger partial charge >= 0.3 is 0 Å². The molecular formula is C12H14BrN3O. The predicted molar refractivity (Wildman–Crippen MR) is 69.2 cm³/mol. The van der Waals surface area contributed by atoms with Crippen LogP contribution in [-0.2, 0) is 11.9 Å². The highest BCUT2D eigenvalue weighted by Crippen LogP contribution is 2.08. The maximum atomic E-state index is 5.59. The van der Waals surface area contributed by atoms with Crippen LogP contribution in [-0.4, -0.2) is 21.6 Å². The Labute approximate surface area is 109 Å². The number of halogens is 1. The second kappa shape index (κ2) is 6.39. The Bertz CT molecular complexity index is 444. The number of ether oxygens (including phenoxy) is 1. The van der Waals surface area contributed by atoms with E-state index < -0.39 is 0 Å². The first-order valence-corrected chi connectivity index (χ1v) is 6.63. The molecule has 0 bridgehead atoms. The molecule has 0 fully saturated rings. The molecule has 4 nitrogen and oxygen atoms in total. The van der Waals surface area contributed by atoms with Crippen LogP contribution in [0.1, 0.15) is 12.1 Å². The van der Waals surface area contributed by atoms with Crippen LogP contribution in [0.4, 0.5) is 0 Å². The van der Waals surface area contributed by atoms with E-state index in [0.29, 0.717) is 6.61 Å². The van der Waals surface area contributed by atoms with Gasteiger partial charge in [-0.05, 0) is 12.1 Å². The maximum absolute atomic E-state index is 5.59. The lowest BCUT2D eigenvalue weighted by Gasteiger charge is -2.05. The van der Waals surface area contributed by atoms with Gasteiger partial charge in [-0.2, -0.15) is 0 Å². The molecule has 0 saturated heterocycles. The molecule has 0 amide bonds. The summed E-state index contributed by atoms with van der Waals surface area (Å²) in [6, 6.07) is 9.82. The normalized spacial score (nSPS) is 10.4. The summed E-state index contributed by atoms with van der Waals surface area (Å²) in [5, 5.41) is 8.75. The molecule has 2 rings (SSSR count). The van der Waals surface area contributed by atoms with Crippen LogP contribution in [0, 0.1) is 0 Å². The van der Waals surface area contributed by atoms with Crippen LogP contribution in [0.15, 0.2) is 36.5 Å². The fourth-order valence-corrected chi connectivity index (χ4v) is 1.70. The lowest BCUT2D eigenvalue weighted by molar-refractivity contribution is 0.298. The van der Waals surface area contributed by atoms with Gasteiger partial charge in [-0.3, -0.25) is 4.68 Å². The van der Waals surface area contributed by atoms with Crippen molar-refractivity contribution in [2.24, 2.45) is 0 Å². The largest absolute Gasteiger partial charge is 0.494 e. The van der Waals surface area contributed by atoms with Crippen LogP contribution in [0.25, 0.3) is 0 Å². The van der Waals surface area contributed by atoms with Crippen molar-refractivity contribution < 1.29 is 4.74 Å². The first kappa shape index (κ1) is 12.1. The number of hydrogen-bond acceptors (Lipinski definition) is 3. The average Bonchev–Trinajstić information content (AvgIpc) is 2.84. The predicted octanol–water partition coefficient (Wildman–Crippen LogP) is 2.64. The van der Waals surface area contributed by atoms with Gasteiger partial charge in [0.1, 0.15) is 5.75 Å². The van der Waals surface area contributed by atoms with Crippen molar-refractivity contribution in [1.29, 1.82) is 0 Å². The van der Waals surface area contributed by atoms with Gasteiger partial charge in [0.05, 0.1) is 12.3 Å². The summed E-state index contributed by atoms with van der Waals surface area (Å²) in [5.74, 6) is 0.909. The minimum absolute atomic E-state index is 0.688. The van der Waals surface area contributed by atoms with Crippen molar-refractivity contribution in [3.05, 3.63) is 42.2 Å². The van der Waals surface area contributed by atoms with E-state index in [1.54, 1.807) is 0 Å². The minimum Gasteiger partial charge on any atom is -0.494 e. The van der Waals surface area contributed by atoms with Crippen molar-refractivity contribution in [3.63, 3.8) is 0 Å². The van der Waals surface area contributed by atoms with Crippen molar-refractivity contribution in [3.8, 4) is 5.75 Å². The summed E-state index contributed by atoms with van der Waals surface area (Å²) in [6.07, 6.45) is 2.86. The molecule has 1 heterocycles. The van der Waals surface area contributed by atoms with Crippen molar-refractivity contribution >= 4 is 15.9 Å². The molecule has 0 aliphatic rings. The molecule has 0 unspecified atom stereocenters. The Morgan fingerprint density at radius 1 is 1.24 bits per heavy atom. The van der Waals surface area contributed by atoms with Gasteiger partial charge in [-0.1, -0.05) is 39.3 Å². The number of para-hydroxylation sites is 1. The smallest absolute Gasteiger partial charge is 0.119 e. The highest BCUT2D eigenvalue weighted by molar-refractivity contribution is 9.08. The van der Waals surface area contributed by atoms with Crippen LogP contribution >= 0.6 is 15.9 Å². The molecule has 1 aromatic heterocycles. The van der Waals surface area contributed by atoms with Crippen molar-refractivity contribution in [2.45, 2.75) is 18.3 Å². The van der Waals surface area contributed by atoms with Crippen molar-refractivity contribution in [2.75, 3.05) is 6.61 Å². The number of alkyl halides is 1. The molecule has 5 heteroatoms. The molecule has 0 aliphatic heterocycles. The highest BCUT2D eigenvalue weighted by Gasteiger charge is 1.98. The zero-order chi connectivity index (χ0) is 11.9. The lowest BCUT2D eigenvalue weighted by atomic mass is 10.3. The monoisotopic (exact) mass is 295 g/mol. The van der Waals surface area contributed by atoms with Crippen molar-refractivity contribution in [1.82, 2.24) is 15.0 Å². The molecule has 1 aromatic carbocycles. The molecule has 0 saturated carbocycles. The summed E-state index contributed by atoms with van der Waals surface area (Å²) in [5.41, 5.74) is 0.953. The molecule has 0 N–H and O–H groups in total. The molecule has 0 radical (unpaired) electrons. The second-order valence-corrected chi connectivity index (χ2v) is 4.18. The quantitative estimate of drug-likeness (QED) is 0.608. The Morgan fingerprint density at radius 3 is 2.76 bits per heavy atom. The minimum atomic E-state index is 0.688. The molecule has 90 valence electrons. The van der Waals surface area contributed by atoms with E-state index in [2.05, 4.69) is 26.2 Å². The van der Waals surface area contributed by atoms with E-state index in [4.69, 9.17) is 4.74 Å². The maximum Gasteiger partial charge on any atom is 0.119 e. The van der Waals surface area contributed by atoms with Gasteiger partial charge in [-0.25, -0.2) is 0 Å². The number of rotatable bonds is 6. The third kappa shape index (κ3) is 3.85. The molecule has 2 aromatic rings. The number of nitrogens with zero attached hydrogens (tertiary/aromatic N) is 3. The number of hydrogen-bond donors (Lipinski definition) is 0. The van der Waals surface area contributed by atoms with Gasteiger partial charge in [-0.15, -0.1) is 5.10 Å². The van der Waals surface area contributed by atoms with E-state index >= 15 is 0 Å². The van der Waals surface area contributed by atoms with E-state index in [0.717, 1.165) is 29.7 Å². The van der Waals surface area contributed by atoms with Crippen LogP contribution in [0.3, 0.4) is 0 Å². The zero-order valence-electron chi connectivity index (χ0n) is 9.42. The number of aryl methyl sites for hydroxylation is 1. The first-order valence-electron chi connectivity index (χ1n) is 5.51. The fourth-order valence-electron chi connectivity index (χ4n) is 1.44. The average molecular weight is 296 g/mol. The molecule has 0 spiro atoms. The highest BCUT2D eigenvalue weighted by atomic mass is 79.9. The van der Waals surface area contributed by atoms with Gasteiger partial charge in [0.2, 0.25) is 0 Å². The van der Waals surface area contributed by atoms with E-state index in [1.807, 2.05) is 41.2 Å². The number of aromatic nitrogens is 3. The zero-order valence-corrected chi connectivity index (χ0v) is 11.0. The summed E-state index contributed by atoms with van der Waals surface area (Å²) < 4.78 is 7.43.